The molecule has 0 amide bonds. The number of carbonyl (C=O) groups excluding carboxylic acids is 1. The van der Waals surface area contributed by atoms with Crippen molar-refractivity contribution < 1.29 is 28.5 Å². The quantitative estimate of drug-likeness (QED) is 0.684. The summed E-state index contributed by atoms with van der Waals surface area (Å²) in [6, 6.07) is 4.55. The van der Waals surface area contributed by atoms with Gasteiger partial charge in [0.05, 0.1) is 6.10 Å². The molecule has 7 atom stereocenters. The first kappa shape index (κ1) is 17.1. The lowest BCUT2D eigenvalue weighted by molar-refractivity contribution is -0.175. The van der Waals surface area contributed by atoms with Crippen molar-refractivity contribution in [3.63, 3.8) is 0 Å². The number of benzene rings is 1. The minimum Gasteiger partial charge on any atom is -0.459 e. The van der Waals surface area contributed by atoms with Crippen LogP contribution in [0.15, 0.2) is 12.1 Å². The largest absolute Gasteiger partial charge is 0.459 e. The molecule has 4 heterocycles. The van der Waals surface area contributed by atoms with Crippen LogP contribution in [0.25, 0.3) is 0 Å². The predicted molar refractivity (Wildman–Crippen MR) is 97.0 cm³/mol. The Morgan fingerprint density at radius 3 is 2.79 bits per heavy atom. The summed E-state index contributed by atoms with van der Waals surface area (Å²) in [4.78, 5) is 14.5. The van der Waals surface area contributed by atoms with Gasteiger partial charge in [0.2, 0.25) is 6.79 Å². The van der Waals surface area contributed by atoms with Crippen LogP contribution >= 0.6 is 0 Å². The second-order valence-electron chi connectivity index (χ2n) is 9.03. The van der Waals surface area contributed by atoms with Gasteiger partial charge in [0.25, 0.3) is 0 Å². The first-order valence-electron chi connectivity index (χ1n) is 10.1. The van der Waals surface area contributed by atoms with Gasteiger partial charge in [-0.15, -0.1) is 0 Å². The number of fused-ring (bicyclic) bond motifs is 9. The molecule has 4 aliphatic heterocycles. The van der Waals surface area contributed by atoms with Crippen molar-refractivity contribution in [2.45, 2.75) is 69.8 Å². The predicted octanol–water partition coefficient (Wildman–Crippen LogP) is 2.17. The lowest BCUT2D eigenvalue weighted by atomic mass is 9.72. The molecule has 0 aromatic heterocycles. The van der Waals surface area contributed by atoms with Crippen LogP contribution in [0.3, 0.4) is 0 Å². The fourth-order valence-corrected chi connectivity index (χ4v) is 6.08. The van der Waals surface area contributed by atoms with E-state index in [4.69, 9.17) is 23.7 Å². The van der Waals surface area contributed by atoms with Gasteiger partial charge in [0, 0.05) is 37.9 Å². The number of carbonyl (C=O) groups is 1. The van der Waals surface area contributed by atoms with Crippen LogP contribution in [-0.2, 0) is 25.5 Å². The maximum absolute atomic E-state index is 12.0. The van der Waals surface area contributed by atoms with Gasteiger partial charge in [-0.2, -0.15) is 0 Å². The highest BCUT2D eigenvalue weighted by Gasteiger charge is 2.61. The maximum atomic E-state index is 12.0. The monoisotopic (exact) mass is 387 g/mol. The van der Waals surface area contributed by atoms with Crippen LogP contribution < -0.4 is 9.47 Å². The van der Waals surface area contributed by atoms with E-state index in [9.17, 15) is 4.79 Å². The van der Waals surface area contributed by atoms with Gasteiger partial charge in [-0.25, -0.2) is 0 Å². The molecule has 2 bridgehead atoms. The van der Waals surface area contributed by atoms with Crippen molar-refractivity contribution in [2.75, 3.05) is 13.3 Å². The Morgan fingerprint density at radius 2 is 2.00 bits per heavy atom. The molecule has 150 valence electrons. The van der Waals surface area contributed by atoms with Crippen molar-refractivity contribution in [1.29, 1.82) is 0 Å². The van der Waals surface area contributed by atoms with Gasteiger partial charge in [0.1, 0.15) is 12.2 Å². The molecule has 0 spiro atoms. The van der Waals surface area contributed by atoms with Crippen molar-refractivity contribution >= 4 is 5.97 Å². The molecule has 0 N–H and O–H groups in total. The first-order valence-corrected chi connectivity index (χ1v) is 10.1. The smallest absolute Gasteiger partial charge is 0.303 e. The summed E-state index contributed by atoms with van der Waals surface area (Å²) in [6.45, 7) is 7.46. The van der Waals surface area contributed by atoms with Gasteiger partial charge in [-0.3, -0.25) is 9.69 Å². The van der Waals surface area contributed by atoms with E-state index in [2.05, 4.69) is 17.0 Å². The van der Waals surface area contributed by atoms with Crippen molar-refractivity contribution in [1.82, 2.24) is 4.90 Å². The summed E-state index contributed by atoms with van der Waals surface area (Å²) < 4.78 is 29.5. The lowest BCUT2D eigenvalue weighted by Gasteiger charge is -2.41. The zero-order valence-electron chi connectivity index (χ0n) is 16.3. The van der Waals surface area contributed by atoms with Crippen LogP contribution in [0.2, 0.25) is 0 Å². The lowest BCUT2D eigenvalue weighted by Crippen LogP contribution is -2.54. The summed E-state index contributed by atoms with van der Waals surface area (Å²) in [5, 5.41) is 0. The van der Waals surface area contributed by atoms with Crippen LogP contribution in [0.1, 0.15) is 44.2 Å². The molecule has 7 nitrogen and oxygen atoms in total. The third-order valence-corrected chi connectivity index (χ3v) is 6.92. The Bertz CT molecular complexity index is 854. The highest BCUT2D eigenvalue weighted by molar-refractivity contribution is 5.66. The SMILES string of the molecule is CC(=O)O[C@H]1[C@@H]2OC(C)(C)O[C@@H]2C[C@H]2[C@H]1[C@H]1CN2Cc2cc3c(cc21)OCO3. The molecule has 1 aromatic rings. The third-order valence-electron chi connectivity index (χ3n) is 6.92. The number of rotatable bonds is 1. The molecule has 7 heteroatoms. The fourth-order valence-electron chi connectivity index (χ4n) is 6.08. The normalized spacial score (nSPS) is 41.2. The molecule has 3 fully saturated rings. The molecular weight excluding hydrogens is 362 g/mol. The van der Waals surface area contributed by atoms with E-state index in [1.807, 2.05) is 13.8 Å². The molecule has 1 aromatic carbocycles. The van der Waals surface area contributed by atoms with E-state index in [0.717, 1.165) is 31.0 Å². The van der Waals surface area contributed by atoms with Crippen LogP contribution in [0.5, 0.6) is 11.5 Å². The van der Waals surface area contributed by atoms with Crippen LogP contribution in [-0.4, -0.2) is 54.3 Å². The summed E-state index contributed by atoms with van der Waals surface area (Å²) >= 11 is 0. The topological polar surface area (TPSA) is 66.5 Å². The van der Waals surface area contributed by atoms with E-state index in [1.54, 1.807) is 0 Å². The first-order chi connectivity index (χ1) is 13.4. The highest BCUT2D eigenvalue weighted by atomic mass is 16.8. The minimum atomic E-state index is -0.652. The van der Waals surface area contributed by atoms with E-state index in [1.165, 1.54) is 18.1 Å². The summed E-state index contributed by atoms with van der Waals surface area (Å²) in [7, 11) is 0. The van der Waals surface area contributed by atoms with Gasteiger partial charge in [-0.1, -0.05) is 0 Å². The number of nitrogens with zero attached hydrogens (tertiary/aromatic N) is 1. The second-order valence-corrected chi connectivity index (χ2v) is 9.03. The molecule has 5 aliphatic rings. The number of ether oxygens (including phenoxy) is 5. The number of hydrogen-bond donors (Lipinski definition) is 0. The van der Waals surface area contributed by atoms with Gasteiger partial charge >= 0.3 is 5.97 Å². The van der Waals surface area contributed by atoms with E-state index < -0.39 is 5.79 Å². The molecule has 28 heavy (non-hydrogen) atoms. The fraction of sp³-hybridized carbons (Fsp3) is 0.667. The Balaban J connectivity index is 1.42. The van der Waals surface area contributed by atoms with Gasteiger partial charge in [-0.05, 0) is 43.5 Å². The van der Waals surface area contributed by atoms with Crippen molar-refractivity contribution in [3.05, 3.63) is 23.3 Å². The average molecular weight is 387 g/mol. The zero-order chi connectivity index (χ0) is 19.2. The Hall–Kier alpha value is -1.83. The van der Waals surface area contributed by atoms with Crippen LogP contribution in [0.4, 0.5) is 0 Å². The maximum Gasteiger partial charge on any atom is 0.303 e. The standard InChI is InChI=1S/C21H25NO6/c1-10(23)26-20-18-13-8-22(14(18)6-17-19(20)28-21(2,3)27-17)7-11-4-15-16(5-12(11)13)25-9-24-15/h4-5,13-14,17-20H,6-9H2,1-3H3/t13-,14-,17+,18+,19+,20+/m0/s1. The highest BCUT2D eigenvalue weighted by Crippen LogP contribution is 2.54. The summed E-state index contributed by atoms with van der Waals surface area (Å²) in [6.07, 6.45) is 0.306. The van der Waals surface area contributed by atoms with Gasteiger partial charge in [0.15, 0.2) is 17.3 Å². The van der Waals surface area contributed by atoms with E-state index in [0.29, 0.717) is 6.04 Å². The molecule has 1 unspecified atom stereocenters. The Kier molecular flexibility index (Phi) is 3.42. The number of hydrogen-bond acceptors (Lipinski definition) is 7. The van der Waals surface area contributed by atoms with E-state index in [-0.39, 0.29) is 42.9 Å². The second kappa shape index (κ2) is 5.62. The molecule has 1 aliphatic carbocycles. The molecule has 6 rings (SSSR count). The average Bonchev–Trinajstić information content (AvgIpc) is 3.27. The Morgan fingerprint density at radius 1 is 1.21 bits per heavy atom. The van der Waals surface area contributed by atoms with Gasteiger partial charge < -0.3 is 23.7 Å². The van der Waals surface area contributed by atoms with Crippen molar-refractivity contribution in [3.8, 4) is 11.5 Å². The Labute approximate surface area is 163 Å². The molecule has 1 saturated carbocycles. The van der Waals surface area contributed by atoms with E-state index >= 15 is 0 Å². The van der Waals surface area contributed by atoms with Crippen LogP contribution in [0, 0.1) is 5.92 Å². The molecular formula is C21H25NO6. The summed E-state index contributed by atoms with van der Waals surface area (Å²) in [5.74, 6) is 1.19. The van der Waals surface area contributed by atoms with Crippen molar-refractivity contribution in [2.24, 2.45) is 5.92 Å². The molecule has 2 saturated heterocycles. The number of esters is 1. The zero-order valence-corrected chi connectivity index (χ0v) is 16.3. The summed E-state index contributed by atoms with van der Waals surface area (Å²) in [5.41, 5.74) is 2.57. The minimum absolute atomic E-state index is 0.0558. The molecule has 0 radical (unpaired) electrons. The third kappa shape index (κ3) is 2.36.